The Labute approximate surface area is 150 Å². The van der Waals surface area contributed by atoms with E-state index in [1.165, 1.54) is 0 Å². The molecule has 2 aliphatic heterocycles. The number of rotatable bonds is 2. The number of hydrogen-bond acceptors (Lipinski definition) is 4. The topological polar surface area (TPSA) is 50.8 Å². The average molecular weight is 344 g/mol. The van der Waals surface area contributed by atoms with E-state index < -0.39 is 0 Å². The highest BCUT2D eigenvalue weighted by molar-refractivity contribution is 6.12. The molecule has 3 aromatic carbocycles. The van der Waals surface area contributed by atoms with E-state index in [-0.39, 0.29) is 18.9 Å². The summed E-state index contributed by atoms with van der Waals surface area (Å²) in [6.07, 6.45) is -0.307. The van der Waals surface area contributed by atoms with Gasteiger partial charge in [-0.3, -0.25) is 9.69 Å². The van der Waals surface area contributed by atoms with Crippen LogP contribution in [0, 0.1) is 0 Å². The van der Waals surface area contributed by atoms with Gasteiger partial charge in [0, 0.05) is 11.8 Å². The van der Waals surface area contributed by atoms with Crippen molar-refractivity contribution < 1.29 is 14.3 Å². The van der Waals surface area contributed by atoms with Gasteiger partial charge in [0.25, 0.3) is 5.91 Å². The number of ether oxygens (including phenoxy) is 2. The molecule has 0 fully saturated rings. The van der Waals surface area contributed by atoms with Crippen LogP contribution in [0.3, 0.4) is 0 Å². The number of nitrogens with one attached hydrogen (secondary N) is 1. The number of fused-ring (bicyclic) bond motifs is 2. The molecule has 0 saturated heterocycles. The van der Waals surface area contributed by atoms with Crippen molar-refractivity contribution in [2.75, 3.05) is 17.0 Å². The van der Waals surface area contributed by atoms with Gasteiger partial charge >= 0.3 is 0 Å². The van der Waals surface area contributed by atoms with Crippen LogP contribution in [0.2, 0.25) is 0 Å². The predicted octanol–water partition coefficient (Wildman–Crippen LogP) is 4.19. The number of hydrogen-bond donors (Lipinski definition) is 1. The Morgan fingerprint density at radius 3 is 2.54 bits per heavy atom. The first-order chi connectivity index (χ1) is 12.8. The van der Waals surface area contributed by atoms with Gasteiger partial charge in [-0.1, -0.05) is 42.5 Å². The maximum absolute atomic E-state index is 13.3. The Hall–Kier alpha value is -3.47. The number of carbonyl (C=O) groups is 1. The summed E-state index contributed by atoms with van der Waals surface area (Å²) in [5.41, 5.74) is 3.25. The van der Waals surface area contributed by atoms with E-state index in [0.717, 1.165) is 16.9 Å². The molecule has 5 nitrogen and oxygen atoms in total. The van der Waals surface area contributed by atoms with Gasteiger partial charge in [0.2, 0.25) is 6.79 Å². The molecule has 0 aliphatic carbocycles. The van der Waals surface area contributed by atoms with E-state index in [1.807, 2.05) is 72.8 Å². The van der Waals surface area contributed by atoms with E-state index in [0.29, 0.717) is 17.1 Å². The monoisotopic (exact) mass is 344 g/mol. The van der Waals surface area contributed by atoms with Crippen molar-refractivity contribution in [1.29, 1.82) is 0 Å². The van der Waals surface area contributed by atoms with E-state index in [9.17, 15) is 4.79 Å². The summed E-state index contributed by atoms with van der Waals surface area (Å²) in [5, 5.41) is 3.49. The zero-order valence-corrected chi connectivity index (χ0v) is 13.9. The van der Waals surface area contributed by atoms with Crippen LogP contribution in [-0.4, -0.2) is 12.7 Å². The summed E-state index contributed by atoms with van der Waals surface area (Å²) in [5.74, 6) is 1.30. The molecule has 2 aliphatic rings. The van der Waals surface area contributed by atoms with Crippen molar-refractivity contribution >= 4 is 17.3 Å². The average Bonchev–Trinajstić information content (AvgIpc) is 3.16. The first-order valence-corrected chi connectivity index (χ1v) is 8.45. The number of para-hydroxylation sites is 1. The van der Waals surface area contributed by atoms with E-state index in [4.69, 9.17) is 9.47 Å². The van der Waals surface area contributed by atoms with Gasteiger partial charge in [0.05, 0.1) is 11.3 Å². The van der Waals surface area contributed by atoms with Crippen molar-refractivity contribution in [3.05, 3.63) is 83.9 Å². The fourth-order valence-corrected chi connectivity index (χ4v) is 3.42. The zero-order valence-electron chi connectivity index (χ0n) is 13.9. The minimum absolute atomic E-state index is 0.0490. The molecule has 5 rings (SSSR count). The third kappa shape index (κ3) is 2.29. The Morgan fingerprint density at radius 2 is 1.65 bits per heavy atom. The Kier molecular flexibility index (Phi) is 3.31. The van der Waals surface area contributed by atoms with Gasteiger partial charge < -0.3 is 14.8 Å². The third-order valence-electron chi connectivity index (χ3n) is 4.68. The molecule has 0 unspecified atom stereocenters. The van der Waals surface area contributed by atoms with Crippen LogP contribution in [0.1, 0.15) is 22.1 Å². The summed E-state index contributed by atoms with van der Waals surface area (Å²) in [6.45, 7) is 0.204. The molecule has 26 heavy (non-hydrogen) atoms. The van der Waals surface area contributed by atoms with E-state index in [2.05, 4.69) is 5.32 Å². The highest BCUT2D eigenvalue weighted by Crippen LogP contribution is 2.41. The van der Waals surface area contributed by atoms with Crippen molar-refractivity contribution in [2.24, 2.45) is 0 Å². The third-order valence-corrected chi connectivity index (χ3v) is 4.68. The zero-order chi connectivity index (χ0) is 17.5. The SMILES string of the molecule is O=C1c2ccccc2N[C@@H](c2ccccc2)N1c1ccc2c(c1)OCO2. The van der Waals surface area contributed by atoms with Gasteiger partial charge in [-0.15, -0.1) is 0 Å². The normalized spacial score (nSPS) is 17.6. The maximum atomic E-state index is 13.3. The number of nitrogens with zero attached hydrogens (tertiary/aromatic N) is 1. The second-order valence-corrected chi connectivity index (χ2v) is 6.22. The molecule has 2 heterocycles. The summed E-state index contributed by atoms with van der Waals surface area (Å²) in [6, 6.07) is 23.1. The molecule has 0 radical (unpaired) electrons. The van der Waals surface area contributed by atoms with Crippen LogP contribution < -0.4 is 19.7 Å². The molecule has 5 heteroatoms. The lowest BCUT2D eigenvalue weighted by Crippen LogP contribution is -2.43. The second-order valence-electron chi connectivity index (χ2n) is 6.22. The quantitative estimate of drug-likeness (QED) is 0.757. The van der Waals surface area contributed by atoms with Gasteiger partial charge in [0.15, 0.2) is 11.5 Å². The van der Waals surface area contributed by atoms with E-state index >= 15 is 0 Å². The first kappa shape index (κ1) is 14.8. The number of carbonyl (C=O) groups excluding carboxylic acids is 1. The van der Waals surface area contributed by atoms with Gasteiger partial charge in [-0.25, -0.2) is 0 Å². The Morgan fingerprint density at radius 1 is 0.885 bits per heavy atom. The highest BCUT2D eigenvalue weighted by atomic mass is 16.7. The predicted molar refractivity (Wildman–Crippen MR) is 98.6 cm³/mol. The van der Waals surface area contributed by atoms with Crippen LogP contribution in [0.25, 0.3) is 0 Å². The van der Waals surface area contributed by atoms with E-state index in [1.54, 1.807) is 4.90 Å². The van der Waals surface area contributed by atoms with Crippen molar-refractivity contribution in [3.8, 4) is 11.5 Å². The van der Waals surface area contributed by atoms with Crippen LogP contribution in [-0.2, 0) is 0 Å². The van der Waals surface area contributed by atoms with Crippen LogP contribution in [0.4, 0.5) is 11.4 Å². The maximum Gasteiger partial charge on any atom is 0.262 e. The minimum Gasteiger partial charge on any atom is -0.454 e. The molecule has 128 valence electrons. The summed E-state index contributed by atoms with van der Waals surface area (Å²) in [4.78, 5) is 15.1. The summed E-state index contributed by atoms with van der Waals surface area (Å²) >= 11 is 0. The van der Waals surface area contributed by atoms with Gasteiger partial charge in [0.1, 0.15) is 6.17 Å². The van der Waals surface area contributed by atoms with Crippen LogP contribution in [0.15, 0.2) is 72.8 Å². The fraction of sp³-hybridized carbons (Fsp3) is 0.0952. The molecule has 0 spiro atoms. The second kappa shape index (κ2) is 5.81. The lowest BCUT2D eigenvalue weighted by Gasteiger charge is -2.38. The molecule has 3 aromatic rings. The molecule has 0 saturated carbocycles. The van der Waals surface area contributed by atoms with Crippen molar-refractivity contribution in [2.45, 2.75) is 6.17 Å². The largest absolute Gasteiger partial charge is 0.454 e. The fourth-order valence-electron chi connectivity index (χ4n) is 3.42. The van der Waals surface area contributed by atoms with Crippen molar-refractivity contribution in [1.82, 2.24) is 0 Å². The molecule has 1 amide bonds. The van der Waals surface area contributed by atoms with Crippen molar-refractivity contribution in [3.63, 3.8) is 0 Å². The minimum atomic E-state index is -0.307. The molecule has 1 N–H and O–H groups in total. The lowest BCUT2D eigenvalue weighted by molar-refractivity contribution is 0.0975. The number of benzene rings is 3. The molecule has 0 aromatic heterocycles. The Bertz CT molecular complexity index is 988. The standard InChI is InChI=1S/C21H16N2O3/c24-21-16-8-4-5-9-17(16)22-20(14-6-2-1-3-7-14)23(21)15-10-11-18-19(12-15)26-13-25-18/h1-12,20,22H,13H2/t20-/m1/s1. The molecular formula is C21H16N2O3. The Balaban J connectivity index is 1.65. The smallest absolute Gasteiger partial charge is 0.262 e. The lowest BCUT2D eigenvalue weighted by atomic mass is 10.0. The first-order valence-electron chi connectivity index (χ1n) is 8.45. The number of amides is 1. The van der Waals surface area contributed by atoms with Gasteiger partial charge in [-0.2, -0.15) is 0 Å². The highest BCUT2D eigenvalue weighted by Gasteiger charge is 2.34. The summed E-state index contributed by atoms with van der Waals surface area (Å²) < 4.78 is 10.9. The number of anilines is 2. The molecule has 1 atom stereocenters. The van der Waals surface area contributed by atoms with Crippen LogP contribution in [0.5, 0.6) is 11.5 Å². The molecule has 0 bridgehead atoms. The van der Waals surface area contributed by atoms with Gasteiger partial charge in [-0.05, 0) is 29.8 Å². The summed E-state index contributed by atoms with van der Waals surface area (Å²) in [7, 11) is 0. The molecular weight excluding hydrogens is 328 g/mol. The van der Waals surface area contributed by atoms with Crippen LogP contribution >= 0.6 is 0 Å².